The summed E-state index contributed by atoms with van der Waals surface area (Å²) in [6.07, 6.45) is 5.01. The van der Waals surface area contributed by atoms with Crippen LogP contribution in [0.1, 0.15) is 72.8 Å². The molecule has 0 saturated carbocycles. The Morgan fingerprint density at radius 1 is 0.833 bits per heavy atom. The topological polar surface area (TPSA) is 251 Å². The van der Waals surface area contributed by atoms with Crippen molar-refractivity contribution in [3.05, 3.63) is 101 Å². The van der Waals surface area contributed by atoms with Gasteiger partial charge in [0.1, 0.15) is 35.7 Å². The first-order valence-corrected chi connectivity index (χ1v) is 19.0. The van der Waals surface area contributed by atoms with Crippen LogP contribution in [0.2, 0.25) is 0 Å². The average molecular weight is 814 g/mol. The van der Waals surface area contributed by atoms with Gasteiger partial charge in [0.25, 0.3) is 11.7 Å². The highest BCUT2D eigenvalue weighted by atomic mass is 16.5. The molecule has 7 aromatic rings. The molecule has 0 spiro atoms. The van der Waals surface area contributed by atoms with Gasteiger partial charge in [0.2, 0.25) is 23.7 Å². The predicted molar refractivity (Wildman–Crippen MR) is 217 cm³/mol. The van der Waals surface area contributed by atoms with Gasteiger partial charge in [0.05, 0.1) is 23.9 Å². The maximum absolute atomic E-state index is 14.7. The summed E-state index contributed by atoms with van der Waals surface area (Å²) in [5.41, 5.74) is 14.9. The number of aromatic nitrogens is 10. The third-order valence-electron chi connectivity index (χ3n) is 10.1. The third kappa shape index (κ3) is 6.82. The monoisotopic (exact) mass is 813 g/mol. The lowest BCUT2D eigenvalue weighted by molar-refractivity contribution is -0.606. The molecule has 0 saturated heterocycles. The number of primary amides is 2. The summed E-state index contributed by atoms with van der Waals surface area (Å²) >= 11 is 0. The van der Waals surface area contributed by atoms with Gasteiger partial charge in [-0.3, -0.25) is 39.1 Å². The summed E-state index contributed by atoms with van der Waals surface area (Å²) in [5.74, 6) is -0.773. The van der Waals surface area contributed by atoms with Crippen molar-refractivity contribution >= 4 is 57.7 Å². The van der Waals surface area contributed by atoms with Gasteiger partial charge in [0, 0.05) is 43.4 Å². The summed E-state index contributed by atoms with van der Waals surface area (Å²) in [7, 11) is 1.58. The average Bonchev–Trinajstić information content (AvgIpc) is 3.96. The van der Waals surface area contributed by atoms with E-state index >= 15 is 0 Å². The number of pyridine rings is 1. The van der Waals surface area contributed by atoms with Crippen LogP contribution in [0.4, 0.5) is 11.9 Å². The number of rotatable bonds is 8. The normalized spacial score (nSPS) is 13.6. The van der Waals surface area contributed by atoms with Gasteiger partial charge < -0.3 is 25.5 Å². The molecule has 2 aromatic carbocycles. The van der Waals surface area contributed by atoms with Crippen LogP contribution in [-0.4, -0.2) is 74.4 Å². The number of allylic oxidation sites excluding steroid dienone is 2. The molecule has 6 N–H and O–H groups in total. The molecule has 20 nitrogen and oxygen atoms in total. The number of methoxy groups -OCH3 is 1. The first kappa shape index (κ1) is 38.9. The molecule has 60 heavy (non-hydrogen) atoms. The molecule has 8 rings (SSSR count). The smallest absolute Gasteiger partial charge is 0.331 e. The van der Waals surface area contributed by atoms with Crippen molar-refractivity contribution in [2.24, 2.45) is 11.5 Å². The van der Waals surface area contributed by atoms with E-state index in [1.54, 1.807) is 51.5 Å². The van der Waals surface area contributed by atoms with E-state index in [-0.39, 0.29) is 54.2 Å². The maximum atomic E-state index is 14.7. The van der Waals surface area contributed by atoms with Crippen molar-refractivity contribution in [1.82, 2.24) is 43.6 Å². The molecule has 0 fully saturated rings. The van der Waals surface area contributed by atoms with Crippen LogP contribution in [0.3, 0.4) is 0 Å². The minimum absolute atomic E-state index is 0.0969. The van der Waals surface area contributed by atoms with E-state index < -0.39 is 23.6 Å². The van der Waals surface area contributed by atoms with Crippen molar-refractivity contribution in [2.45, 2.75) is 60.5 Å². The Kier molecular flexibility index (Phi) is 10.0. The molecule has 4 amide bonds. The Hall–Kier alpha value is -7.90. The number of carbonyl (C=O) groups is 4. The minimum Gasteiger partial charge on any atom is -0.497 e. The zero-order chi connectivity index (χ0) is 42.4. The SMILES string of the molecule is CCn1nc(C)c2c1C(=O)Nc1nc3cc(C(N)=O)cc(OCc4ccc(OC)cc4)c3n1C/C=C/Cn1c(nc3cc(C(N)=O)cnc31)NC(=O)c1n(CC)nc(C)[n+]1-2. The summed E-state index contributed by atoms with van der Waals surface area (Å²) in [5, 5.41) is 15.3. The fourth-order valence-electron chi connectivity index (χ4n) is 7.27. The Morgan fingerprint density at radius 3 is 2.17 bits per heavy atom. The van der Waals surface area contributed by atoms with Gasteiger partial charge in [0.15, 0.2) is 17.0 Å². The number of ether oxygens (including phenoxy) is 2. The van der Waals surface area contributed by atoms with Crippen molar-refractivity contribution < 1.29 is 33.2 Å². The van der Waals surface area contributed by atoms with E-state index in [9.17, 15) is 19.2 Å². The van der Waals surface area contributed by atoms with Crippen LogP contribution < -0.4 is 36.1 Å². The second-order valence-corrected chi connectivity index (χ2v) is 13.9. The van der Waals surface area contributed by atoms with Crippen LogP contribution in [-0.2, 0) is 32.8 Å². The van der Waals surface area contributed by atoms with E-state index in [1.807, 2.05) is 50.3 Å². The number of carbonyl (C=O) groups excluding carboxylic acids is 4. The number of nitrogens with two attached hydrogens (primary N) is 2. The molecule has 5 aromatic heterocycles. The quantitative estimate of drug-likeness (QED) is 0.128. The van der Waals surface area contributed by atoms with Crippen molar-refractivity contribution in [1.29, 1.82) is 0 Å². The lowest BCUT2D eigenvalue weighted by Crippen LogP contribution is -2.44. The molecule has 0 atom stereocenters. The number of fused-ring (bicyclic) bond motifs is 9. The molecular weight excluding hydrogens is 773 g/mol. The largest absolute Gasteiger partial charge is 0.497 e. The zero-order valence-electron chi connectivity index (χ0n) is 33.4. The third-order valence-corrected chi connectivity index (χ3v) is 10.1. The van der Waals surface area contributed by atoms with Crippen LogP contribution in [0.15, 0.2) is 60.8 Å². The molecule has 306 valence electrons. The number of anilines is 2. The van der Waals surface area contributed by atoms with Gasteiger partial charge >= 0.3 is 11.7 Å². The Bertz CT molecular complexity index is 2920. The van der Waals surface area contributed by atoms with Crippen molar-refractivity contribution in [3.8, 4) is 17.2 Å². The summed E-state index contributed by atoms with van der Waals surface area (Å²) < 4.78 is 19.8. The number of nitrogens with zero attached hydrogens (tertiary/aromatic N) is 10. The van der Waals surface area contributed by atoms with Crippen LogP contribution in [0.25, 0.3) is 27.9 Å². The van der Waals surface area contributed by atoms with Crippen LogP contribution in [0, 0.1) is 13.8 Å². The lowest BCUT2D eigenvalue weighted by Gasteiger charge is -2.14. The van der Waals surface area contributed by atoms with Gasteiger partial charge in [-0.05, 0) is 56.7 Å². The molecule has 6 heterocycles. The zero-order valence-corrected chi connectivity index (χ0v) is 33.4. The van der Waals surface area contributed by atoms with E-state index in [0.717, 1.165) is 5.56 Å². The fourth-order valence-corrected chi connectivity index (χ4v) is 7.27. The highest BCUT2D eigenvalue weighted by Gasteiger charge is 2.37. The highest BCUT2D eigenvalue weighted by Crippen LogP contribution is 2.33. The Balaban J connectivity index is 1.34. The number of hydrogen-bond donors (Lipinski definition) is 4. The van der Waals surface area contributed by atoms with Gasteiger partial charge in [-0.25, -0.2) is 15.0 Å². The summed E-state index contributed by atoms with van der Waals surface area (Å²) in [6, 6.07) is 11.9. The van der Waals surface area contributed by atoms with Gasteiger partial charge in [-0.2, -0.15) is 9.67 Å². The van der Waals surface area contributed by atoms with E-state index in [2.05, 4.69) is 25.7 Å². The van der Waals surface area contributed by atoms with E-state index in [0.29, 0.717) is 64.0 Å². The number of nitrogens with one attached hydrogen (secondary N) is 2. The van der Waals surface area contributed by atoms with Crippen LogP contribution >= 0.6 is 0 Å². The van der Waals surface area contributed by atoms with E-state index in [4.69, 9.17) is 31.0 Å². The molecule has 1 aliphatic heterocycles. The van der Waals surface area contributed by atoms with E-state index in [1.165, 1.54) is 16.9 Å². The molecule has 0 aliphatic carbocycles. The lowest BCUT2D eigenvalue weighted by atomic mass is 10.1. The Labute approximate surface area is 341 Å². The molecular formula is C40H41N14O6+. The fraction of sp³-hybridized carbons (Fsp3) is 0.250. The van der Waals surface area contributed by atoms with Gasteiger partial charge in [-0.15, -0.1) is 4.68 Å². The number of benzene rings is 2. The summed E-state index contributed by atoms with van der Waals surface area (Å²) in [6.45, 7) is 8.21. The molecule has 20 heteroatoms. The van der Waals surface area contributed by atoms with Gasteiger partial charge in [-0.1, -0.05) is 24.3 Å². The second kappa shape index (κ2) is 15.5. The Morgan fingerprint density at radius 2 is 1.48 bits per heavy atom. The first-order chi connectivity index (χ1) is 28.9. The number of amides is 4. The molecule has 0 radical (unpaired) electrons. The molecule has 0 unspecified atom stereocenters. The summed E-state index contributed by atoms with van der Waals surface area (Å²) in [4.78, 5) is 67.8. The first-order valence-electron chi connectivity index (χ1n) is 19.0. The maximum Gasteiger partial charge on any atom is 0.331 e. The molecule has 1 aliphatic rings. The van der Waals surface area contributed by atoms with Crippen LogP contribution in [0.5, 0.6) is 11.5 Å². The minimum atomic E-state index is -0.692. The second-order valence-electron chi connectivity index (χ2n) is 13.9. The van der Waals surface area contributed by atoms with Crippen molar-refractivity contribution in [2.75, 3.05) is 17.7 Å². The van der Waals surface area contributed by atoms with Crippen molar-refractivity contribution in [3.63, 3.8) is 0 Å². The standard InChI is InChI=1S/C40H40N14O6/c1-6-52-32-30(21(3)48-52)54-22(4)49-53(7-2)38(54)37(58)47-40-45-28-17-25(34(42)56)19-43-35(28)51(40)15-9-8-14-50-31-27(44-39(50)46-36(32)57)16-24(33(41)55)18-29(31)60-20-23-10-12-26(59-5)13-11-23/h8-13,16-19H,6-7,14-15,20H2,1-5H3,(H5-,41,42,44,45,46,47,55,56,57,58)/p+1/b9-8+. The highest BCUT2D eigenvalue weighted by molar-refractivity contribution is 6.06. The number of imidazole rings is 2. The number of hydrogen-bond acceptors (Lipinski definition) is 11. The predicted octanol–water partition coefficient (Wildman–Crippen LogP) is 2.97. The molecule has 0 bridgehead atoms. The number of aryl methyl sites for hydroxylation is 4.